The van der Waals surface area contributed by atoms with Crippen LogP contribution in [0.5, 0.6) is 0 Å². The molecule has 0 radical (unpaired) electrons. The highest BCUT2D eigenvalue weighted by molar-refractivity contribution is 6.28. The largest absolute Gasteiger partial charge is 0.448 e. The molecule has 0 bridgehead atoms. The van der Waals surface area contributed by atoms with Crippen LogP contribution in [0.3, 0.4) is 0 Å². The molecule has 3 heteroatoms. The van der Waals surface area contributed by atoms with Gasteiger partial charge >= 0.3 is 0 Å². The molecule has 2 aromatic rings. The summed E-state index contributed by atoms with van der Waals surface area (Å²) in [5.41, 5.74) is 2.68. The minimum absolute atomic E-state index is 0.310. The molecule has 20 heavy (non-hydrogen) atoms. The van der Waals surface area contributed by atoms with Crippen molar-refractivity contribution in [2.45, 2.75) is 39.8 Å². The first-order valence-electron chi connectivity index (χ1n) is 7.16. The van der Waals surface area contributed by atoms with Crippen molar-refractivity contribution in [1.82, 2.24) is 5.32 Å². The van der Waals surface area contributed by atoms with Crippen molar-refractivity contribution in [3.63, 3.8) is 0 Å². The molecule has 0 amide bonds. The third-order valence-corrected chi connectivity index (χ3v) is 3.74. The van der Waals surface area contributed by atoms with E-state index in [9.17, 15) is 0 Å². The Kier molecular flexibility index (Phi) is 5.27. The molecule has 1 aromatic carbocycles. The lowest BCUT2D eigenvalue weighted by molar-refractivity contribution is 0.384. The summed E-state index contributed by atoms with van der Waals surface area (Å²) in [4.78, 5) is 0. The van der Waals surface area contributed by atoms with E-state index in [0.717, 1.165) is 12.2 Å². The second-order valence-electron chi connectivity index (χ2n) is 5.40. The van der Waals surface area contributed by atoms with Crippen LogP contribution in [0.4, 0.5) is 0 Å². The smallest absolute Gasteiger partial charge is 0.193 e. The monoisotopic (exact) mass is 291 g/mol. The zero-order valence-electron chi connectivity index (χ0n) is 12.3. The van der Waals surface area contributed by atoms with Crippen molar-refractivity contribution in [2.24, 2.45) is 5.92 Å². The molecule has 2 nitrogen and oxygen atoms in total. The molecule has 1 atom stereocenters. The fraction of sp³-hybridized carbons (Fsp3) is 0.412. The number of halogens is 1. The first-order chi connectivity index (χ1) is 9.60. The number of hydrogen-bond acceptors (Lipinski definition) is 2. The third-order valence-electron chi connectivity index (χ3n) is 3.54. The average molecular weight is 292 g/mol. The second kappa shape index (κ2) is 6.96. The molecule has 0 spiro atoms. The van der Waals surface area contributed by atoms with Gasteiger partial charge in [0.1, 0.15) is 5.76 Å². The van der Waals surface area contributed by atoms with Crippen molar-refractivity contribution in [2.75, 3.05) is 0 Å². The predicted molar refractivity (Wildman–Crippen MR) is 84.0 cm³/mol. The minimum atomic E-state index is 0.310. The third kappa shape index (κ3) is 3.87. The Morgan fingerprint density at radius 1 is 1.10 bits per heavy atom. The van der Waals surface area contributed by atoms with E-state index in [0.29, 0.717) is 23.7 Å². The van der Waals surface area contributed by atoms with Crippen LogP contribution in [0.25, 0.3) is 0 Å². The topological polar surface area (TPSA) is 25.2 Å². The molecule has 1 aromatic heterocycles. The molecule has 0 aliphatic heterocycles. The normalized spacial score (nSPS) is 12.8. The van der Waals surface area contributed by atoms with Crippen LogP contribution in [0.15, 0.2) is 40.8 Å². The van der Waals surface area contributed by atoms with Crippen LogP contribution < -0.4 is 5.32 Å². The van der Waals surface area contributed by atoms with Crippen molar-refractivity contribution < 1.29 is 4.42 Å². The van der Waals surface area contributed by atoms with Crippen LogP contribution in [0, 0.1) is 5.92 Å². The molecular weight excluding hydrogens is 270 g/mol. The molecular formula is C17H22ClNO. The molecule has 2 rings (SSSR count). The first kappa shape index (κ1) is 15.1. The molecule has 108 valence electrons. The molecule has 1 N–H and O–H groups in total. The molecule has 0 aliphatic rings. The second-order valence-corrected chi connectivity index (χ2v) is 5.78. The summed E-state index contributed by atoms with van der Waals surface area (Å²) in [6.45, 7) is 7.31. The highest BCUT2D eigenvalue weighted by Gasteiger charge is 2.15. The van der Waals surface area contributed by atoms with E-state index in [4.69, 9.17) is 16.0 Å². The summed E-state index contributed by atoms with van der Waals surface area (Å²) in [5.74, 6) is 1.37. The Balaban J connectivity index is 2.06. The number of rotatable bonds is 6. The van der Waals surface area contributed by atoms with Crippen molar-refractivity contribution in [1.29, 1.82) is 0 Å². The van der Waals surface area contributed by atoms with E-state index in [-0.39, 0.29) is 0 Å². The molecule has 1 heterocycles. The Hall–Kier alpha value is -1.25. The maximum absolute atomic E-state index is 5.79. The highest BCUT2D eigenvalue weighted by Crippen LogP contribution is 2.23. The maximum Gasteiger partial charge on any atom is 0.193 e. The number of nitrogens with one attached hydrogen (secondary N) is 1. The number of furan rings is 1. The van der Waals surface area contributed by atoms with E-state index >= 15 is 0 Å². The average Bonchev–Trinajstić information content (AvgIpc) is 2.85. The minimum Gasteiger partial charge on any atom is -0.448 e. The summed E-state index contributed by atoms with van der Waals surface area (Å²) in [7, 11) is 0. The molecule has 0 fully saturated rings. The molecule has 1 unspecified atom stereocenters. The Bertz CT molecular complexity index is 530. The lowest BCUT2D eigenvalue weighted by Gasteiger charge is -2.22. The van der Waals surface area contributed by atoms with Gasteiger partial charge in [0.25, 0.3) is 0 Å². The van der Waals surface area contributed by atoms with Crippen molar-refractivity contribution in [3.8, 4) is 0 Å². The SMILES string of the molecule is CCc1ccc(C(NCc2ccc(Cl)o2)C(C)C)cc1. The lowest BCUT2D eigenvalue weighted by Crippen LogP contribution is -2.25. The van der Waals surface area contributed by atoms with E-state index in [1.54, 1.807) is 6.07 Å². The van der Waals surface area contributed by atoms with Gasteiger partial charge in [-0.15, -0.1) is 0 Å². The summed E-state index contributed by atoms with van der Waals surface area (Å²) in [5, 5.41) is 3.99. The Morgan fingerprint density at radius 3 is 2.30 bits per heavy atom. The summed E-state index contributed by atoms with van der Waals surface area (Å²) >= 11 is 5.79. The van der Waals surface area contributed by atoms with E-state index in [2.05, 4.69) is 50.4 Å². The van der Waals surface area contributed by atoms with Gasteiger partial charge in [-0.05, 0) is 47.2 Å². The molecule has 0 saturated heterocycles. The van der Waals surface area contributed by atoms with E-state index in [1.165, 1.54) is 11.1 Å². The van der Waals surface area contributed by atoms with Crippen LogP contribution in [0.1, 0.15) is 43.7 Å². The van der Waals surface area contributed by atoms with Gasteiger partial charge in [-0.1, -0.05) is 45.0 Å². The Labute approximate surface area is 126 Å². The van der Waals surface area contributed by atoms with Gasteiger partial charge in [-0.25, -0.2) is 0 Å². The van der Waals surface area contributed by atoms with Crippen molar-refractivity contribution in [3.05, 3.63) is 58.5 Å². The molecule has 0 aliphatic carbocycles. The van der Waals surface area contributed by atoms with Gasteiger partial charge in [-0.2, -0.15) is 0 Å². The van der Waals surface area contributed by atoms with Crippen LogP contribution in [0.2, 0.25) is 5.22 Å². The van der Waals surface area contributed by atoms with Crippen molar-refractivity contribution >= 4 is 11.6 Å². The zero-order chi connectivity index (χ0) is 14.5. The zero-order valence-corrected chi connectivity index (χ0v) is 13.1. The Morgan fingerprint density at radius 2 is 1.80 bits per heavy atom. The predicted octanol–water partition coefficient (Wildman–Crippen LogP) is 4.98. The summed E-state index contributed by atoms with van der Waals surface area (Å²) < 4.78 is 5.39. The summed E-state index contributed by atoms with van der Waals surface area (Å²) in [6.07, 6.45) is 1.07. The number of aryl methyl sites for hydroxylation is 1. The number of benzene rings is 1. The van der Waals surface area contributed by atoms with Crippen LogP contribution in [-0.4, -0.2) is 0 Å². The standard InChI is InChI=1S/C17H22ClNO/c1-4-13-5-7-14(8-6-13)17(12(2)3)19-11-15-9-10-16(18)20-15/h5-10,12,17,19H,4,11H2,1-3H3. The van der Waals surface area contributed by atoms with Gasteiger partial charge in [0.05, 0.1) is 6.54 Å². The van der Waals surface area contributed by atoms with Gasteiger partial charge in [-0.3, -0.25) is 0 Å². The first-order valence-corrected chi connectivity index (χ1v) is 7.54. The fourth-order valence-corrected chi connectivity index (χ4v) is 2.52. The van der Waals surface area contributed by atoms with Gasteiger partial charge < -0.3 is 9.73 Å². The molecule has 0 saturated carbocycles. The van der Waals surface area contributed by atoms with Gasteiger partial charge in [0.2, 0.25) is 0 Å². The van der Waals surface area contributed by atoms with Gasteiger partial charge in [0, 0.05) is 6.04 Å². The van der Waals surface area contributed by atoms with E-state index in [1.807, 2.05) is 6.07 Å². The fourth-order valence-electron chi connectivity index (χ4n) is 2.36. The lowest BCUT2D eigenvalue weighted by atomic mass is 9.95. The van der Waals surface area contributed by atoms with Crippen LogP contribution >= 0.6 is 11.6 Å². The highest BCUT2D eigenvalue weighted by atomic mass is 35.5. The van der Waals surface area contributed by atoms with E-state index < -0.39 is 0 Å². The number of hydrogen-bond donors (Lipinski definition) is 1. The van der Waals surface area contributed by atoms with Gasteiger partial charge in [0.15, 0.2) is 5.22 Å². The maximum atomic E-state index is 5.79. The summed E-state index contributed by atoms with van der Waals surface area (Å²) in [6, 6.07) is 12.8. The van der Waals surface area contributed by atoms with Crippen LogP contribution in [-0.2, 0) is 13.0 Å². The quantitative estimate of drug-likeness (QED) is 0.812.